The number of piperidine rings is 1. The van der Waals surface area contributed by atoms with Gasteiger partial charge in [-0.15, -0.1) is 0 Å². The minimum atomic E-state index is -0.238. The van der Waals surface area contributed by atoms with E-state index in [0.717, 1.165) is 19.4 Å². The van der Waals surface area contributed by atoms with Crippen molar-refractivity contribution in [2.75, 3.05) is 13.1 Å². The molecule has 1 aromatic carbocycles. The Hall–Kier alpha value is -1.42. The van der Waals surface area contributed by atoms with Crippen molar-refractivity contribution < 1.29 is 9.18 Å². The van der Waals surface area contributed by atoms with Crippen molar-refractivity contribution in [3.8, 4) is 0 Å². The van der Waals surface area contributed by atoms with E-state index < -0.39 is 0 Å². The lowest BCUT2D eigenvalue weighted by Crippen LogP contribution is -2.47. The van der Waals surface area contributed by atoms with Crippen LogP contribution in [-0.4, -0.2) is 29.9 Å². The molecule has 2 N–H and O–H groups in total. The molecule has 1 saturated heterocycles. The van der Waals surface area contributed by atoms with Gasteiger partial charge < -0.3 is 10.6 Å². The molecule has 1 amide bonds. The van der Waals surface area contributed by atoms with Gasteiger partial charge in [0.2, 0.25) is 5.91 Å². The second-order valence-electron chi connectivity index (χ2n) is 5.38. The SMILES string of the molecule is CC(Cc1ccccc1F)C(=O)N1CCCC(N)C1. The van der Waals surface area contributed by atoms with Crippen LogP contribution in [0.5, 0.6) is 0 Å². The first-order valence-electron chi connectivity index (χ1n) is 6.85. The molecule has 19 heavy (non-hydrogen) atoms. The number of benzene rings is 1. The Bertz CT molecular complexity index is 450. The fraction of sp³-hybridized carbons (Fsp3) is 0.533. The van der Waals surface area contributed by atoms with Crippen LogP contribution in [0.15, 0.2) is 24.3 Å². The summed E-state index contributed by atoms with van der Waals surface area (Å²) in [6.07, 6.45) is 2.38. The normalized spacial score (nSPS) is 21.2. The van der Waals surface area contributed by atoms with Crippen molar-refractivity contribution in [1.29, 1.82) is 0 Å². The molecule has 2 atom stereocenters. The standard InChI is InChI=1S/C15H21FN2O/c1-11(9-12-5-2-3-7-14(12)16)15(19)18-8-4-6-13(17)10-18/h2-3,5,7,11,13H,4,6,8-10,17H2,1H3. The molecule has 1 heterocycles. The lowest BCUT2D eigenvalue weighted by atomic mass is 9.97. The number of nitrogens with zero attached hydrogens (tertiary/aromatic N) is 1. The fourth-order valence-electron chi connectivity index (χ4n) is 2.60. The highest BCUT2D eigenvalue weighted by atomic mass is 19.1. The largest absolute Gasteiger partial charge is 0.341 e. The molecule has 0 saturated carbocycles. The van der Waals surface area contributed by atoms with Crippen LogP contribution < -0.4 is 5.73 Å². The third-order valence-electron chi connectivity index (χ3n) is 3.68. The summed E-state index contributed by atoms with van der Waals surface area (Å²) in [5, 5.41) is 0. The molecule has 4 heteroatoms. The van der Waals surface area contributed by atoms with E-state index in [-0.39, 0.29) is 23.7 Å². The number of halogens is 1. The van der Waals surface area contributed by atoms with E-state index in [1.165, 1.54) is 6.07 Å². The molecule has 1 fully saturated rings. The van der Waals surface area contributed by atoms with Crippen LogP contribution >= 0.6 is 0 Å². The zero-order valence-electron chi connectivity index (χ0n) is 11.3. The highest BCUT2D eigenvalue weighted by Gasteiger charge is 2.25. The zero-order valence-corrected chi connectivity index (χ0v) is 11.3. The quantitative estimate of drug-likeness (QED) is 0.907. The molecule has 1 aliphatic heterocycles. The zero-order chi connectivity index (χ0) is 13.8. The molecule has 1 aliphatic rings. The highest BCUT2D eigenvalue weighted by molar-refractivity contribution is 5.79. The molecular weight excluding hydrogens is 243 g/mol. The number of hydrogen-bond acceptors (Lipinski definition) is 2. The van der Waals surface area contributed by atoms with Crippen LogP contribution in [0.1, 0.15) is 25.3 Å². The van der Waals surface area contributed by atoms with Gasteiger partial charge in [-0.25, -0.2) is 4.39 Å². The summed E-state index contributed by atoms with van der Waals surface area (Å²) in [5.74, 6) is -0.363. The average Bonchev–Trinajstić information content (AvgIpc) is 2.40. The maximum atomic E-state index is 13.6. The Morgan fingerprint density at radius 1 is 1.53 bits per heavy atom. The average molecular weight is 264 g/mol. The van der Waals surface area contributed by atoms with Crippen LogP contribution in [0.3, 0.4) is 0 Å². The topological polar surface area (TPSA) is 46.3 Å². The molecule has 1 aromatic rings. The van der Waals surface area contributed by atoms with Crippen LogP contribution in [0.2, 0.25) is 0 Å². The van der Waals surface area contributed by atoms with E-state index in [1.54, 1.807) is 18.2 Å². The lowest BCUT2D eigenvalue weighted by molar-refractivity contribution is -0.136. The Kier molecular flexibility index (Phi) is 4.53. The number of hydrogen-bond donors (Lipinski definition) is 1. The van der Waals surface area contributed by atoms with Gasteiger partial charge in [0.25, 0.3) is 0 Å². The Labute approximate surface area is 113 Å². The van der Waals surface area contributed by atoms with Crippen molar-refractivity contribution in [3.05, 3.63) is 35.6 Å². The summed E-state index contributed by atoms with van der Waals surface area (Å²) in [6, 6.07) is 6.71. The smallest absolute Gasteiger partial charge is 0.225 e. The van der Waals surface area contributed by atoms with Crippen molar-refractivity contribution in [2.24, 2.45) is 11.7 Å². The first-order chi connectivity index (χ1) is 9.08. The molecule has 0 spiro atoms. The van der Waals surface area contributed by atoms with Gasteiger partial charge in [0.05, 0.1) is 0 Å². The van der Waals surface area contributed by atoms with Crippen molar-refractivity contribution in [2.45, 2.75) is 32.2 Å². The van der Waals surface area contributed by atoms with Gasteiger partial charge in [0.15, 0.2) is 0 Å². The fourth-order valence-corrected chi connectivity index (χ4v) is 2.60. The molecule has 0 aliphatic carbocycles. The lowest BCUT2D eigenvalue weighted by Gasteiger charge is -2.32. The summed E-state index contributed by atoms with van der Waals surface area (Å²) in [7, 11) is 0. The van der Waals surface area contributed by atoms with E-state index in [1.807, 2.05) is 11.8 Å². The first kappa shape index (κ1) is 14.0. The predicted molar refractivity (Wildman–Crippen MR) is 73.1 cm³/mol. The third kappa shape index (κ3) is 3.53. The van der Waals surface area contributed by atoms with Crippen molar-refractivity contribution in [1.82, 2.24) is 4.90 Å². The molecular formula is C15H21FN2O. The van der Waals surface area contributed by atoms with Gasteiger partial charge in [0.1, 0.15) is 5.82 Å². The molecule has 0 aromatic heterocycles. The van der Waals surface area contributed by atoms with E-state index in [9.17, 15) is 9.18 Å². The van der Waals surface area contributed by atoms with Gasteiger partial charge >= 0.3 is 0 Å². The van der Waals surface area contributed by atoms with Crippen LogP contribution in [0.4, 0.5) is 4.39 Å². The van der Waals surface area contributed by atoms with Crippen LogP contribution in [-0.2, 0) is 11.2 Å². The minimum Gasteiger partial charge on any atom is -0.341 e. The van der Waals surface area contributed by atoms with Gasteiger partial charge in [-0.2, -0.15) is 0 Å². The van der Waals surface area contributed by atoms with Gasteiger partial charge in [-0.05, 0) is 30.9 Å². The van der Waals surface area contributed by atoms with E-state index in [0.29, 0.717) is 18.5 Å². The summed E-state index contributed by atoms with van der Waals surface area (Å²) >= 11 is 0. The molecule has 0 bridgehead atoms. The number of amides is 1. The van der Waals surface area contributed by atoms with Crippen LogP contribution in [0.25, 0.3) is 0 Å². The number of nitrogens with two attached hydrogens (primary N) is 1. The highest BCUT2D eigenvalue weighted by Crippen LogP contribution is 2.17. The Morgan fingerprint density at radius 3 is 2.95 bits per heavy atom. The third-order valence-corrected chi connectivity index (χ3v) is 3.68. The second-order valence-corrected chi connectivity index (χ2v) is 5.38. The molecule has 3 nitrogen and oxygen atoms in total. The van der Waals surface area contributed by atoms with Gasteiger partial charge in [-0.1, -0.05) is 25.1 Å². The molecule has 104 valence electrons. The number of carbonyl (C=O) groups excluding carboxylic acids is 1. The number of carbonyl (C=O) groups is 1. The van der Waals surface area contributed by atoms with Crippen molar-refractivity contribution in [3.63, 3.8) is 0 Å². The summed E-state index contributed by atoms with van der Waals surface area (Å²) in [5.41, 5.74) is 6.49. The van der Waals surface area contributed by atoms with Gasteiger partial charge in [-0.3, -0.25) is 4.79 Å². The van der Waals surface area contributed by atoms with Gasteiger partial charge in [0, 0.05) is 25.0 Å². The second kappa shape index (κ2) is 6.15. The van der Waals surface area contributed by atoms with Crippen molar-refractivity contribution >= 4 is 5.91 Å². The number of rotatable bonds is 3. The van der Waals surface area contributed by atoms with E-state index in [4.69, 9.17) is 5.73 Å². The minimum absolute atomic E-state index is 0.0818. The maximum Gasteiger partial charge on any atom is 0.225 e. The van der Waals surface area contributed by atoms with E-state index >= 15 is 0 Å². The van der Waals surface area contributed by atoms with Crippen LogP contribution in [0, 0.1) is 11.7 Å². The summed E-state index contributed by atoms with van der Waals surface area (Å²) in [6.45, 7) is 3.25. The Balaban J connectivity index is 1.97. The summed E-state index contributed by atoms with van der Waals surface area (Å²) < 4.78 is 13.6. The first-order valence-corrected chi connectivity index (χ1v) is 6.85. The monoisotopic (exact) mass is 264 g/mol. The predicted octanol–water partition coefficient (Wildman–Crippen LogP) is 1.95. The molecule has 2 rings (SSSR count). The molecule has 0 radical (unpaired) electrons. The maximum absolute atomic E-state index is 13.6. The summed E-state index contributed by atoms with van der Waals surface area (Å²) in [4.78, 5) is 14.1. The van der Waals surface area contributed by atoms with E-state index in [2.05, 4.69) is 0 Å². The Morgan fingerprint density at radius 2 is 2.26 bits per heavy atom. The number of likely N-dealkylation sites (tertiary alicyclic amines) is 1. The molecule has 2 unspecified atom stereocenters.